The van der Waals surface area contributed by atoms with Crippen molar-refractivity contribution in [3.05, 3.63) is 34.2 Å². The molecule has 1 aliphatic rings. The molecule has 2 rings (SSSR count). The number of aromatic amines is 1. The first-order valence-electron chi connectivity index (χ1n) is 6.80. The molecule has 1 fully saturated rings. The third-order valence-electron chi connectivity index (χ3n) is 3.71. The summed E-state index contributed by atoms with van der Waals surface area (Å²) in [7, 11) is 0. The molecule has 0 saturated heterocycles. The normalized spacial score (nSPS) is 17.4. The van der Waals surface area contributed by atoms with Crippen LogP contribution in [0.3, 0.4) is 0 Å². The lowest BCUT2D eigenvalue weighted by Crippen LogP contribution is -2.46. The number of nitrogens with one attached hydrogen (secondary N) is 2. The maximum Gasteiger partial charge on any atom is 0.326 e. The van der Waals surface area contributed by atoms with Crippen molar-refractivity contribution in [2.24, 2.45) is 5.92 Å². The summed E-state index contributed by atoms with van der Waals surface area (Å²) < 4.78 is 0. The zero-order valence-electron chi connectivity index (χ0n) is 11.1. The minimum atomic E-state index is -1.02. The molecule has 1 heterocycles. The Labute approximate surface area is 116 Å². The predicted molar refractivity (Wildman–Crippen MR) is 72.5 cm³/mol. The van der Waals surface area contributed by atoms with E-state index < -0.39 is 17.9 Å². The lowest BCUT2D eigenvalue weighted by molar-refractivity contribution is -0.141. The van der Waals surface area contributed by atoms with E-state index in [0.717, 1.165) is 38.2 Å². The largest absolute Gasteiger partial charge is 0.480 e. The standard InChI is InChI=1S/C14H18N2O4/c17-11-8-10(6-7-15-11)13(18)16-12(14(19)20)9-4-2-1-3-5-9/h6-9,12H,1-5H2,(H,15,17)(H,16,18)(H,19,20). The third kappa shape index (κ3) is 3.46. The van der Waals surface area contributed by atoms with Crippen molar-refractivity contribution in [3.8, 4) is 0 Å². The topological polar surface area (TPSA) is 99.3 Å². The van der Waals surface area contributed by atoms with Crippen molar-refractivity contribution >= 4 is 11.9 Å². The van der Waals surface area contributed by atoms with Crippen LogP contribution in [-0.4, -0.2) is 28.0 Å². The number of carboxylic acid groups (broad SMARTS) is 1. The second-order valence-electron chi connectivity index (χ2n) is 5.13. The first-order chi connectivity index (χ1) is 9.58. The molecule has 0 aromatic carbocycles. The minimum Gasteiger partial charge on any atom is -0.480 e. The number of aliphatic carboxylic acids is 1. The highest BCUT2D eigenvalue weighted by atomic mass is 16.4. The van der Waals surface area contributed by atoms with Gasteiger partial charge in [-0.2, -0.15) is 0 Å². The van der Waals surface area contributed by atoms with Gasteiger partial charge in [-0.05, 0) is 24.8 Å². The van der Waals surface area contributed by atoms with E-state index in [4.69, 9.17) is 0 Å². The van der Waals surface area contributed by atoms with Gasteiger partial charge in [-0.25, -0.2) is 4.79 Å². The summed E-state index contributed by atoms with van der Waals surface area (Å²) in [5.74, 6) is -1.57. The molecule has 1 aromatic rings. The number of carbonyl (C=O) groups is 2. The Morgan fingerprint density at radius 1 is 1.30 bits per heavy atom. The van der Waals surface area contributed by atoms with E-state index in [9.17, 15) is 19.5 Å². The maximum atomic E-state index is 12.0. The van der Waals surface area contributed by atoms with Gasteiger partial charge in [-0.1, -0.05) is 19.3 Å². The summed E-state index contributed by atoms with van der Waals surface area (Å²) >= 11 is 0. The summed E-state index contributed by atoms with van der Waals surface area (Å²) in [4.78, 5) is 37.0. The molecular weight excluding hydrogens is 260 g/mol. The number of hydrogen-bond donors (Lipinski definition) is 3. The molecule has 0 spiro atoms. The predicted octanol–water partition coefficient (Wildman–Crippen LogP) is 1.14. The summed E-state index contributed by atoms with van der Waals surface area (Å²) in [5, 5.41) is 11.8. The van der Waals surface area contributed by atoms with Crippen LogP contribution in [0.5, 0.6) is 0 Å². The van der Waals surface area contributed by atoms with E-state index in [1.54, 1.807) is 0 Å². The molecule has 1 unspecified atom stereocenters. The van der Waals surface area contributed by atoms with Gasteiger partial charge in [0.2, 0.25) is 5.56 Å². The molecule has 1 amide bonds. The van der Waals surface area contributed by atoms with Crippen molar-refractivity contribution in [2.75, 3.05) is 0 Å². The quantitative estimate of drug-likeness (QED) is 0.769. The van der Waals surface area contributed by atoms with Gasteiger partial charge >= 0.3 is 5.97 Å². The number of rotatable bonds is 4. The Kier molecular flexibility index (Phi) is 4.55. The number of aromatic nitrogens is 1. The highest BCUT2D eigenvalue weighted by molar-refractivity contribution is 5.96. The van der Waals surface area contributed by atoms with E-state index in [0.29, 0.717) is 0 Å². The molecule has 6 heteroatoms. The smallest absolute Gasteiger partial charge is 0.326 e. The zero-order chi connectivity index (χ0) is 14.5. The van der Waals surface area contributed by atoms with Gasteiger partial charge in [0.1, 0.15) is 6.04 Å². The third-order valence-corrected chi connectivity index (χ3v) is 3.71. The zero-order valence-corrected chi connectivity index (χ0v) is 11.1. The van der Waals surface area contributed by atoms with Crippen molar-refractivity contribution < 1.29 is 14.7 Å². The second-order valence-corrected chi connectivity index (χ2v) is 5.13. The van der Waals surface area contributed by atoms with Gasteiger partial charge in [-0.15, -0.1) is 0 Å². The van der Waals surface area contributed by atoms with Crippen molar-refractivity contribution in [2.45, 2.75) is 38.1 Å². The molecule has 0 bridgehead atoms. The number of amides is 1. The lowest BCUT2D eigenvalue weighted by Gasteiger charge is -2.28. The molecule has 1 aromatic heterocycles. The molecule has 1 aliphatic carbocycles. The fourth-order valence-electron chi connectivity index (χ4n) is 2.66. The Hall–Kier alpha value is -2.11. The van der Waals surface area contributed by atoms with Gasteiger partial charge in [0.15, 0.2) is 0 Å². The van der Waals surface area contributed by atoms with Crippen LogP contribution in [-0.2, 0) is 4.79 Å². The Morgan fingerprint density at radius 3 is 2.60 bits per heavy atom. The Morgan fingerprint density at radius 2 is 2.00 bits per heavy atom. The van der Waals surface area contributed by atoms with Crippen LogP contribution in [0.15, 0.2) is 23.1 Å². The fourth-order valence-corrected chi connectivity index (χ4v) is 2.66. The molecule has 20 heavy (non-hydrogen) atoms. The van der Waals surface area contributed by atoms with Crippen LogP contribution >= 0.6 is 0 Å². The van der Waals surface area contributed by atoms with Crippen molar-refractivity contribution in [3.63, 3.8) is 0 Å². The van der Waals surface area contributed by atoms with Gasteiger partial charge in [-0.3, -0.25) is 9.59 Å². The molecule has 108 valence electrons. The maximum absolute atomic E-state index is 12.0. The molecule has 1 saturated carbocycles. The van der Waals surface area contributed by atoms with Crippen molar-refractivity contribution in [1.29, 1.82) is 0 Å². The van der Waals surface area contributed by atoms with Crippen LogP contribution in [0.25, 0.3) is 0 Å². The molecule has 6 nitrogen and oxygen atoms in total. The average molecular weight is 278 g/mol. The van der Waals surface area contributed by atoms with Gasteiger partial charge in [0.25, 0.3) is 5.91 Å². The lowest BCUT2D eigenvalue weighted by atomic mass is 9.84. The van der Waals surface area contributed by atoms with Gasteiger partial charge in [0, 0.05) is 17.8 Å². The van der Waals surface area contributed by atoms with E-state index in [-0.39, 0.29) is 17.0 Å². The number of hydrogen-bond acceptors (Lipinski definition) is 3. The summed E-state index contributed by atoms with van der Waals surface area (Å²) in [5.41, 5.74) is -0.210. The van der Waals surface area contributed by atoms with Crippen LogP contribution < -0.4 is 10.9 Å². The second kappa shape index (κ2) is 6.36. The summed E-state index contributed by atoms with van der Waals surface area (Å²) in [6, 6.07) is 1.73. The molecular formula is C14H18N2O4. The van der Waals surface area contributed by atoms with Crippen LogP contribution in [0.2, 0.25) is 0 Å². The first-order valence-corrected chi connectivity index (χ1v) is 6.80. The number of pyridine rings is 1. The van der Waals surface area contributed by atoms with Crippen molar-refractivity contribution in [1.82, 2.24) is 10.3 Å². The van der Waals surface area contributed by atoms with E-state index >= 15 is 0 Å². The van der Waals surface area contributed by atoms with Gasteiger partial charge in [0.05, 0.1) is 0 Å². The Balaban J connectivity index is 2.09. The van der Waals surface area contributed by atoms with Crippen LogP contribution in [0.4, 0.5) is 0 Å². The molecule has 0 aliphatic heterocycles. The monoisotopic (exact) mass is 278 g/mol. The number of carbonyl (C=O) groups excluding carboxylic acids is 1. The molecule has 3 N–H and O–H groups in total. The minimum absolute atomic E-state index is 0.0350. The summed E-state index contributed by atoms with van der Waals surface area (Å²) in [6.07, 6.45) is 6.10. The van der Waals surface area contributed by atoms with Gasteiger partial charge < -0.3 is 15.4 Å². The summed E-state index contributed by atoms with van der Waals surface area (Å²) in [6.45, 7) is 0. The number of H-pyrrole nitrogens is 1. The van der Waals surface area contributed by atoms with Crippen LogP contribution in [0, 0.1) is 5.92 Å². The average Bonchev–Trinajstić information content (AvgIpc) is 2.45. The SMILES string of the molecule is O=C(NC(C(=O)O)C1CCCCC1)c1cc[nH]c(=O)c1. The van der Waals surface area contributed by atoms with Crippen LogP contribution in [0.1, 0.15) is 42.5 Å². The molecule has 1 atom stereocenters. The fraction of sp³-hybridized carbons (Fsp3) is 0.500. The van der Waals surface area contributed by atoms with E-state index in [1.807, 2.05) is 0 Å². The number of carboxylic acids is 1. The highest BCUT2D eigenvalue weighted by Gasteiger charge is 2.30. The Bertz CT molecular complexity index is 546. The first kappa shape index (κ1) is 14.3. The van der Waals surface area contributed by atoms with E-state index in [2.05, 4.69) is 10.3 Å². The molecule has 0 radical (unpaired) electrons. The highest BCUT2D eigenvalue weighted by Crippen LogP contribution is 2.26. The van der Waals surface area contributed by atoms with E-state index in [1.165, 1.54) is 12.3 Å².